The van der Waals surface area contributed by atoms with E-state index in [4.69, 9.17) is 5.73 Å². The third-order valence-electron chi connectivity index (χ3n) is 3.16. The highest BCUT2D eigenvalue weighted by molar-refractivity contribution is 8.00. The van der Waals surface area contributed by atoms with Gasteiger partial charge in [-0.3, -0.25) is 0 Å². The molecule has 0 bridgehead atoms. The second kappa shape index (κ2) is 4.54. The van der Waals surface area contributed by atoms with Crippen molar-refractivity contribution in [1.82, 2.24) is 0 Å². The van der Waals surface area contributed by atoms with E-state index in [9.17, 15) is 4.39 Å². The molecule has 0 aliphatic heterocycles. The monoisotopic (exact) mass is 225 g/mol. The average Bonchev–Trinajstić information content (AvgIpc) is 2.53. The van der Waals surface area contributed by atoms with Crippen molar-refractivity contribution in [2.45, 2.75) is 36.0 Å². The highest BCUT2D eigenvalue weighted by Gasteiger charge is 2.31. The van der Waals surface area contributed by atoms with Gasteiger partial charge < -0.3 is 5.73 Å². The van der Waals surface area contributed by atoms with Crippen molar-refractivity contribution in [3.05, 3.63) is 30.1 Å². The fraction of sp³-hybridized carbons (Fsp3) is 0.500. The molecule has 0 amide bonds. The Balaban J connectivity index is 2.07. The van der Waals surface area contributed by atoms with Crippen LogP contribution in [0.1, 0.15) is 19.8 Å². The van der Waals surface area contributed by atoms with Crippen LogP contribution in [0.5, 0.6) is 0 Å². The minimum absolute atomic E-state index is 0.116. The molecule has 82 valence electrons. The standard InChI is InChI=1S/C12H16FNS/c1-8-10(14)6-7-11(8)15-12-5-3-2-4-9(12)13/h2-5,8,10-11H,6-7,14H2,1H3. The number of nitrogens with two attached hydrogens (primary N) is 1. The predicted octanol–water partition coefficient (Wildman–Crippen LogP) is 3.04. The van der Waals surface area contributed by atoms with Crippen LogP contribution in [0.2, 0.25) is 0 Å². The Kier molecular flexibility index (Phi) is 3.32. The maximum Gasteiger partial charge on any atom is 0.136 e. The largest absolute Gasteiger partial charge is 0.327 e. The lowest BCUT2D eigenvalue weighted by atomic mass is 10.1. The van der Waals surface area contributed by atoms with E-state index in [2.05, 4.69) is 6.92 Å². The molecule has 1 fully saturated rings. The Morgan fingerprint density at radius 2 is 2.07 bits per heavy atom. The van der Waals surface area contributed by atoms with Crippen molar-refractivity contribution >= 4 is 11.8 Å². The lowest BCUT2D eigenvalue weighted by Gasteiger charge is -2.17. The van der Waals surface area contributed by atoms with Crippen LogP contribution in [0.15, 0.2) is 29.2 Å². The molecule has 1 aliphatic rings. The number of benzene rings is 1. The molecule has 1 nitrogen and oxygen atoms in total. The quantitative estimate of drug-likeness (QED) is 0.837. The third-order valence-corrected chi connectivity index (χ3v) is 4.71. The van der Waals surface area contributed by atoms with Gasteiger partial charge in [0.25, 0.3) is 0 Å². The molecule has 15 heavy (non-hydrogen) atoms. The van der Waals surface area contributed by atoms with E-state index in [0.29, 0.717) is 11.2 Å². The first kappa shape index (κ1) is 11.0. The van der Waals surface area contributed by atoms with Gasteiger partial charge in [-0.15, -0.1) is 11.8 Å². The Morgan fingerprint density at radius 1 is 1.33 bits per heavy atom. The third kappa shape index (κ3) is 2.34. The van der Waals surface area contributed by atoms with Gasteiger partial charge in [0, 0.05) is 16.2 Å². The van der Waals surface area contributed by atoms with Gasteiger partial charge in [-0.25, -0.2) is 4.39 Å². The fourth-order valence-electron chi connectivity index (χ4n) is 2.03. The number of rotatable bonds is 2. The Labute approximate surface area is 94.2 Å². The summed E-state index contributed by atoms with van der Waals surface area (Å²) in [5.41, 5.74) is 5.95. The second-order valence-corrected chi connectivity index (χ2v) is 5.47. The maximum absolute atomic E-state index is 13.4. The molecule has 2 N–H and O–H groups in total. The topological polar surface area (TPSA) is 26.0 Å². The SMILES string of the molecule is CC1C(N)CCC1Sc1ccccc1F. The molecule has 1 aromatic carbocycles. The summed E-state index contributed by atoms with van der Waals surface area (Å²) in [5.74, 6) is 0.366. The van der Waals surface area contributed by atoms with Crippen molar-refractivity contribution in [1.29, 1.82) is 0 Å². The van der Waals surface area contributed by atoms with Crippen molar-refractivity contribution in [3.8, 4) is 0 Å². The van der Waals surface area contributed by atoms with Crippen molar-refractivity contribution < 1.29 is 4.39 Å². The molecule has 0 saturated heterocycles. The van der Waals surface area contributed by atoms with Crippen LogP contribution in [0.4, 0.5) is 4.39 Å². The summed E-state index contributed by atoms with van der Waals surface area (Å²) in [4.78, 5) is 0.753. The highest BCUT2D eigenvalue weighted by Crippen LogP contribution is 2.38. The zero-order valence-corrected chi connectivity index (χ0v) is 9.64. The summed E-state index contributed by atoms with van der Waals surface area (Å²) < 4.78 is 13.4. The molecule has 0 radical (unpaired) electrons. The van der Waals surface area contributed by atoms with Gasteiger partial charge in [0.1, 0.15) is 5.82 Å². The van der Waals surface area contributed by atoms with Crippen LogP contribution in [0.3, 0.4) is 0 Å². The number of hydrogen-bond donors (Lipinski definition) is 1. The number of hydrogen-bond acceptors (Lipinski definition) is 2. The zero-order valence-electron chi connectivity index (χ0n) is 8.82. The van der Waals surface area contributed by atoms with Gasteiger partial charge >= 0.3 is 0 Å². The number of halogens is 1. The molecular weight excluding hydrogens is 209 g/mol. The van der Waals surface area contributed by atoms with E-state index in [1.54, 1.807) is 17.8 Å². The Morgan fingerprint density at radius 3 is 2.67 bits per heavy atom. The van der Waals surface area contributed by atoms with Gasteiger partial charge in [0.15, 0.2) is 0 Å². The molecular formula is C12H16FNS. The lowest BCUT2D eigenvalue weighted by molar-refractivity contribution is 0.534. The Hall–Kier alpha value is -0.540. The molecule has 3 unspecified atom stereocenters. The highest BCUT2D eigenvalue weighted by atomic mass is 32.2. The first-order valence-electron chi connectivity index (χ1n) is 5.35. The van der Waals surface area contributed by atoms with E-state index in [1.165, 1.54) is 6.07 Å². The molecule has 3 atom stereocenters. The van der Waals surface area contributed by atoms with Crippen LogP contribution in [-0.2, 0) is 0 Å². The van der Waals surface area contributed by atoms with Crippen molar-refractivity contribution in [2.24, 2.45) is 11.7 Å². The summed E-state index contributed by atoms with van der Waals surface area (Å²) in [6, 6.07) is 7.25. The minimum atomic E-state index is -0.116. The van der Waals surface area contributed by atoms with Crippen LogP contribution < -0.4 is 5.73 Å². The fourth-order valence-corrected chi connectivity index (χ4v) is 3.36. The predicted molar refractivity (Wildman–Crippen MR) is 62.4 cm³/mol. The van der Waals surface area contributed by atoms with Gasteiger partial charge in [-0.1, -0.05) is 19.1 Å². The smallest absolute Gasteiger partial charge is 0.136 e. The van der Waals surface area contributed by atoms with Gasteiger partial charge in [0.2, 0.25) is 0 Å². The molecule has 3 heteroatoms. The van der Waals surface area contributed by atoms with Crippen LogP contribution in [-0.4, -0.2) is 11.3 Å². The Bertz CT molecular complexity index is 342. The van der Waals surface area contributed by atoms with E-state index in [-0.39, 0.29) is 11.9 Å². The van der Waals surface area contributed by atoms with Crippen LogP contribution in [0.25, 0.3) is 0 Å². The van der Waals surface area contributed by atoms with Crippen molar-refractivity contribution in [2.75, 3.05) is 0 Å². The van der Waals surface area contributed by atoms with E-state index >= 15 is 0 Å². The second-order valence-electron chi connectivity index (χ2n) is 4.19. The van der Waals surface area contributed by atoms with E-state index < -0.39 is 0 Å². The molecule has 2 rings (SSSR count). The van der Waals surface area contributed by atoms with Crippen molar-refractivity contribution in [3.63, 3.8) is 0 Å². The zero-order chi connectivity index (χ0) is 10.8. The van der Waals surface area contributed by atoms with Crippen LogP contribution >= 0.6 is 11.8 Å². The molecule has 0 heterocycles. The summed E-state index contributed by atoms with van der Waals surface area (Å²) >= 11 is 1.63. The first-order valence-corrected chi connectivity index (χ1v) is 6.23. The van der Waals surface area contributed by atoms with Gasteiger partial charge in [0.05, 0.1) is 0 Å². The van der Waals surface area contributed by atoms with Crippen LogP contribution in [0, 0.1) is 11.7 Å². The molecule has 1 aliphatic carbocycles. The van der Waals surface area contributed by atoms with Gasteiger partial charge in [-0.2, -0.15) is 0 Å². The summed E-state index contributed by atoms with van der Waals surface area (Å²) in [6.07, 6.45) is 2.16. The average molecular weight is 225 g/mol. The molecule has 0 aromatic heterocycles. The molecule has 1 saturated carbocycles. The summed E-state index contributed by atoms with van der Waals surface area (Å²) in [7, 11) is 0. The lowest BCUT2D eigenvalue weighted by Crippen LogP contribution is -2.26. The van der Waals surface area contributed by atoms with Gasteiger partial charge in [-0.05, 0) is 30.9 Å². The summed E-state index contributed by atoms with van der Waals surface area (Å²) in [5, 5.41) is 0.469. The minimum Gasteiger partial charge on any atom is -0.327 e. The number of thioether (sulfide) groups is 1. The molecule has 0 spiro atoms. The first-order chi connectivity index (χ1) is 7.18. The molecule has 1 aromatic rings. The van der Waals surface area contributed by atoms with E-state index in [0.717, 1.165) is 17.7 Å². The maximum atomic E-state index is 13.4. The summed E-state index contributed by atoms with van der Waals surface area (Å²) in [6.45, 7) is 2.16. The van der Waals surface area contributed by atoms with E-state index in [1.807, 2.05) is 12.1 Å². The normalized spacial score (nSPS) is 30.7.